The molecule has 1 aliphatic heterocycles. The van der Waals surface area contributed by atoms with Crippen LogP contribution in [0.15, 0.2) is 11.6 Å². The number of nitrogens with zero attached hydrogens (tertiary/aromatic N) is 1. The van der Waals surface area contributed by atoms with Gasteiger partial charge in [0.05, 0.1) is 0 Å². The molecule has 62 valence electrons. The molecule has 1 heterocycles. The lowest BCUT2D eigenvalue weighted by Crippen LogP contribution is -2.39. The zero-order valence-corrected chi connectivity index (χ0v) is 7.42. The minimum atomic E-state index is 0.200. The molecule has 0 saturated carbocycles. The van der Waals surface area contributed by atoms with Gasteiger partial charge >= 0.3 is 0 Å². The van der Waals surface area contributed by atoms with Crippen molar-refractivity contribution < 1.29 is 4.79 Å². The van der Waals surface area contributed by atoms with Crippen LogP contribution in [0.4, 0.5) is 0 Å². The fourth-order valence-electron chi connectivity index (χ4n) is 1.36. The second-order valence-electron chi connectivity index (χ2n) is 3.12. The van der Waals surface area contributed by atoms with Crippen LogP contribution in [-0.2, 0) is 4.79 Å². The molecule has 1 fully saturated rings. The van der Waals surface area contributed by atoms with Gasteiger partial charge in [-0.3, -0.25) is 4.79 Å². The van der Waals surface area contributed by atoms with Crippen molar-refractivity contribution >= 4 is 5.91 Å². The van der Waals surface area contributed by atoms with Gasteiger partial charge in [0.1, 0.15) is 0 Å². The van der Waals surface area contributed by atoms with E-state index in [4.69, 9.17) is 0 Å². The first-order valence-corrected chi connectivity index (χ1v) is 4.09. The molecule has 0 aliphatic carbocycles. The Kier molecular flexibility index (Phi) is 2.32. The number of hydrogen-bond donors (Lipinski definition) is 0. The molecule has 0 N–H and O–H groups in total. The van der Waals surface area contributed by atoms with Gasteiger partial charge < -0.3 is 4.90 Å². The zero-order chi connectivity index (χ0) is 8.43. The van der Waals surface area contributed by atoms with Gasteiger partial charge in [0.15, 0.2) is 0 Å². The molecular formula is C9H15NO. The summed E-state index contributed by atoms with van der Waals surface area (Å²) >= 11 is 0. The summed E-state index contributed by atoms with van der Waals surface area (Å²) in [5, 5.41) is 0. The number of allylic oxidation sites excluding steroid dienone is 1. The molecule has 1 saturated heterocycles. The minimum absolute atomic E-state index is 0.200. The molecule has 1 aliphatic rings. The lowest BCUT2D eigenvalue weighted by molar-refractivity contribution is -0.129. The van der Waals surface area contributed by atoms with Gasteiger partial charge in [-0.25, -0.2) is 0 Å². The number of carbonyl (C=O) groups is 1. The molecule has 0 spiro atoms. The Labute approximate surface area is 67.9 Å². The number of likely N-dealkylation sites (tertiary alicyclic amines) is 1. The van der Waals surface area contributed by atoms with Gasteiger partial charge in [-0.2, -0.15) is 0 Å². The quantitative estimate of drug-likeness (QED) is 0.484. The van der Waals surface area contributed by atoms with Crippen LogP contribution >= 0.6 is 0 Å². The highest BCUT2D eigenvalue weighted by molar-refractivity contribution is 5.94. The van der Waals surface area contributed by atoms with Gasteiger partial charge in [0, 0.05) is 18.7 Å². The smallest absolute Gasteiger partial charge is 0.249 e. The van der Waals surface area contributed by atoms with E-state index in [-0.39, 0.29) is 5.91 Å². The van der Waals surface area contributed by atoms with Crippen LogP contribution in [0.25, 0.3) is 0 Å². The molecule has 0 aromatic rings. The first-order valence-electron chi connectivity index (χ1n) is 4.09. The van der Waals surface area contributed by atoms with Gasteiger partial charge in [-0.1, -0.05) is 6.08 Å². The van der Waals surface area contributed by atoms with Crippen molar-refractivity contribution in [2.45, 2.75) is 32.7 Å². The van der Waals surface area contributed by atoms with Crippen molar-refractivity contribution in [1.29, 1.82) is 0 Å². The first kappa shape index (κ1) is 8.31. The highest BCUT2D eigenvalue weighted by atomic mass is 16.2. The number of piperidine rings is 1. The standard InChI is InChI=1S/C9H15NO/c1-4-8-6-5-7(2)10(3)9(8)11/h4,7H,5-6H2,1-3H3/b8-4+. The summed E-state index contributed by atoms with van der Waals surface area (Å²) in [5.41, 5.74) is 0.964. The van der Waals surface area contributed by atoms with E-state index < -0.39 is 0 Å². The van der Waals surface area contributed by atoms with Gasteiger partial charge in [0.2, 0.25) is 5.91 Å². The van der Waals surface area contributed by atoms with E-state index in [1.54, 1.807) is 0 Å². The second kappa shape index (κ2) is 3.07. The van der Waals surface area contributed by atoms with Crippen molar-refractivity contribution in [2.75, 3.05) is 7.05 Å². The maximum absolute atomic E-state index is 11.4. The van der Waals surface area contributed by atoms with E-state index in [0.717, 1.165) is 18.4 Å². The SMILES string of the molecule is C/C=C1\CCC(C)N(C)C1=O. The molecular weight excluding hydrogens is 138 g/mol. The molecule has 2 nitrogen and oxygen atoms in total. The number of rotatable bonds is 0. The monoisotopic (exact) mass is 153 g/mol. The molecule has 0 aromatic heterocycles. The molecule has 1 atom stereocenters. The third kappa shape index (κ3) is 1.44. The summed E-state index contributed by atoms with van der Waals surface area (Å²) in [6, 6.07) is 0.409. The Morgan fingerprint density at radius 1 is 1.64 bits per heavy atom. The lowest BCUT2D eigenvalue weighted by atomic mass is 9.99. The Hall–Kier alpha value is -0.790. The van der Waals surface area contributed by atoms with Gasteiger partial charge in [0.25, 0.3) is 0 Å². The van der Waals surface area contributed by atoms with Crippen LogP contribution in [0.1, 0.15) is 26.7 Å². The molecule has 0 bridgehead atoms. The maximum atomic E-state index is 11.4. The van der Waals surface area contributed by atoms with Crippen molar-refractivity contribution in [3.8, 4) is 0 Å². The van der Waals surface area contributed by atoms with Gasteiger partial charge in [-0.15, -0.1) is 0 Å². The Morgan fingerprint density at radius 2 is 2.27 bits per heavy atom. The molecule has 1 amide bonds. The molecule has 0 aromatic carbocycles. The average molecular weight is 153 g/mol. The summed E-state index contributed by atoms with van der Waals surface area (Å²) in [7, 11) is 1.87. The number of hydrogen-bond acceptors (Lipinski definition) is 1. The Morgan fingerprint density at radius 3 is 2.82 bits per heavy atom. The largest absolute Gasteiger partial charge is 0.339 e. The van der Waals surface area contributed by atoms with Crippen LogP contribution in [0.5, 0.6) is 0 Å². The van der Waals surface area contributed by atoms with E-state index >= 15 is 0 Å². The number of carbonyl (C=O) groups excluding carboxylic acids is 1. The summed E-state index contributed by atoms with van der Waals surface area (Å²) in [4.78, 5) is 13.2. The Bertz CT molecular complexity index is 196. The molecule has 1 unspecified atom stereocenters. The lowest BCUT2D eigenvalue weighted by Gasteiger charge is -2.31. The van der Waals surface area contributed by atoms with E-state index in [9.17, 15) is 4.79 Å². The van der Waals surface area contributed by atoms with Crippen LogP contribution in [0.3, 0.4) is 0 Å². The molecule has 1 rings (SSSR count). The fraction of sp³-hybridized carbons (Fsp3) is 0.667. The third-order valence-corrected chi connectivity index (χ3v) is 2.44. The topological polar surface area (TPSA) is 20.3 Å². The fourth-order valence-corrected chi connectivity index (χ4v) is 1.36. The van der Waals surface area contributed by atoms with E-state index in [0.29, 0.717) is 6.04 Å². The molecule has 11 heavy (non-hydrogen) atoms. The van der Waals surface area contributed by atoms with Crippen molar-refractivity contribution in [1.82, 2.24) is 4.90 Å². The average Bonchev–Trinajstić information content (AvgIpc) is 2.01. The summed E-state index contributed by atoms with van der Waals surface area (Å²) < 4.78 is 0. The predicted octanol–water partition coefficient (Wildman–Crippen LogP) is 1.57. The third-order valence-electron chi connectivity index (χ3n) is 2.44. The van der Waals surface area contributed by atoms with Crippen LogP contribution < -0.4 is 0 Å². The number of likely N-dealkylation sites (N-methyl/N-ethyl adjacent to an activating group) is 1. The Balaban J connectivity index is 2.75. The first-order chi connectivity index (χ1) is 5.16. The zero-order valence-electron chi connectivity index (χ0n) is 7.42. The summed E-state index contributed by atoms with van der Waals surface area (Å²) in [5.74, 6) is 0.200. The second-order valence-corrected chi connectivity index (χ2v) is 3.12. The van der Waals surface area contributed by atoms with E-state index in [2.05, 4.69) is 6.92 Å². The predicted molar refractivity (Wildman–Crippen MR) is 45.2 cm³/mol. The normalized spacial score (nSPS) is 29.7. The van der Waals surface area contributed by atoms with Gasteiger partial charge in [-0.05, 0) is 26.7 Å². The van der Waals surface area contributed by atoms with E-state index in [1.807, 2.05) is 24.9 Å². The van der Waals surface area contributed by atoms with Crippen LogP contribution in [0.2, 0.25) is 0 Å². The highest BCUT2D eigenvalue weighted by Gasteiger charge is 2.24. The molecule has 0 radical (unpaired) electrons. The van der Waals surface area contributed by atoms with Crippen molar-refractivity contribution in [3.05, 3.63) is 11.6 Å². The van der Waals surface area contributed by atoms with E-state index in [1.165, 1.54) is 0 Å². The molecule has 2 heteroatoms. The maximum Gasteiger partial charge on any atom is 0.249 e. The van der Waals surface area contributed by atoms with Crippen LogP contribution in [0, 0.1) is 0 Å². The van der Waals surface area contributed by atoms with Crippen LogP contribution in [-0.4, -0.2) is 23.9 Å². The number of amides is 1. The van der Waals surface area contributed by atoms with Crippen molar-refractivity contribution in [3.63, 3.8) is 0 Å². The highest BCUT2D eigenvalue weighted by Crippen LogP contribution is 2.20. The summed E-state index contributed by atoms with van der Waals surface area (Å²) in [6.07, 6.45) is 3.97. The summed E-state index contributed by atoms with van der Waals surface area (Å²) in [6.45, 7) is 4.02. The minimum Gasteiger partial charge on any atom is -0.339 e. The van der Waals surface area contributed by atoms with Crippen molar-refractivity contribution in [2.24, 2.45) is 0 Å².